The maximum atomic E-state index is 13.9. The van der Waals surface area contributed by atoms with E-state index in [1.165, 1.54) is 11.3 Å². The minimum Gasteiger partial charge on any atom is -0.383 e. The first-order valence-corrected chi connectivity index (χ1v) is 11.8. The molecule has 2 aromatic carbocycles. The number of methoxy groups -OCH3 is 1. The zero-order valence-corrected chi connectivity index (χ0v) is 20.2. The molecule has 0 radical (unpaired) electrons. The fourth-order valence-corrected chi connectivity index (χ4v) is 4.64. The van der Waals surface area contributed by atoms with Crippen LogP contribution >= 0.6 is 11.3 Å². The van der Waals surface area contributed by atoms with Crippen molar-refractivity contribution in [2.45, 2.75) is 26.4 Å². The summed E-state index contributed by atoms with van der Waals surface area (Å²) >= 11 is 1.44. The Kier molecular flexibility index (Phi) is 7.34. The first-order valence-electron chi connectivity index (χ1n) is 11.0. The number of carbonyl (C=O) groups excluding carboxylic acids is 2. The van der Waals surface area contributed by atoms with Crippen LogP contribution in [0.5, 0.6) is 0 Å². The first kappa shape index (κ1) is 23.6. The van der Waals surface area contributed by atoms with Gasteiger partial charge in [-0.15, -0.1) is 16.4 Å². The molecule has 0 aliphatic heterocycles. The molecular formula is C25H27N5O3S. The number of thiophene rings is 1. The van der Waals surface area contributed by atoms with E-state index in [0.29, 0.717) is 24.4 Å². The lowest BCUT2D eigenvalue weighted by Gasteiger charge is -2.32. The predicted octanol–water partition coefficient (Wildman–Crippen LogP) is 3.65. The normalized spacial score (nSPS) is 12.0. The summed E-state index contributed by atoms with van der Waals surface area (Å²) in [4.78, 5) is 29.7. The van der Waals surface area contributed by atoms with Gasteiger partial charge < -0.3 is 10.1 Å². The standard InChI is InChI=1S/C25H27N5O3S/c1-17-10-11-18(2)21(15-17)30(23(31)16-29-20-8-5-4-7-19(20)27-28-29)24(22-9-6-14-34-22)25(32)26-12-13-33-3/h4-11,14-15,24H,12-13,16H2,1-3H3,(H,26,32). The Bertz CT molecular complexity index is 1280. The molecule has 1 N–H and O–H groups in total. The van der Waals surface area contributed by atoms with Crippen molar-refractivity contribution in [2.75, 3.05) is 25.2 Å². The van der Waals surface area contributed by atoms with Gasteiger partial charge in [-0.3, -0.25) is 14.5 Å². The Hall–Kier alpha value is -3.56. The topological polar surface area (TPSA) is 89.4 Å². The average molecular weight is 478 g/mol. The van der Waals surface area contributed by atoms with Gasteiger partial charge in [0.2, 0.25) is 11.8 Å². The van der Waals surface area contributed by atoms with E-state index in [1.54, 1.807) is 16.7 Å². The third-order valence-corrected chi connectivity index (χ3v) is 6.45. The minimum absolute atomic E-state index is 0.0544. The Morgan fingerprint density at radius 2 is 1.97 bits per heavy atom. The molecule has 2 aromatic heterocycles. The molecule has 1 atom stereocenters. The number of nitrogens with zero attached hydrogens (tertiary/aromatic N) is 4. The molecule has 0 fully saturated rings. The second kappa shape index (κ2) is 10.6. The van der Waals surface area contributed by atoms with E-state index in [9.17, 15) is 9.59 Å². The van der Waals surface area contributed by atoms with Crippen LogP contribution in [0.4, 0.5) is 5.69 Å². The number of rotatable bonds is 9. The molecule has 9 heteroatoms. The number of fused-ring (bicyclic) bond motifs is 1. The maximum Gasteiger partial charge on any atom is 0.249 e. The molecule has 8 nitrogen and oxygen atoms in total. The van der Waals surface area contributed by atoms with E-state index in [0.717, 1.165) is 21.5 Å². The highest BCUT2D eigenvalue weighted by Crippen LogP contribution is 2.33. The lowest BCUT2D eigenvalue weighted by atomic mass is 10.1. The largest absolute Gasteiger partial charge is 0.383 e. The quantitative estimate of drug-likeness (QED) is 0.372. The number of amides is 2. The summed E-state index contributed by atoms with van der Waals surface area (Å²) in [6, 6.07) is 16.3. The van der Waals surface area contributed by atoms with Gasteiger partial charge in [-0.05, 0) is 54.6 Å². The number of para-hydroxylation sites is 1. The highest BCUT2D eigenvalue weighted by atomic mass is 32.1. The van der Waals surface area contributed by atoms with Gasteiger partial charge in [-0.25, -0.2) is 4.68 Å². The number of nitrogens with one attached hydrogen (secondary N) is 1. The fraction of sp³-hybridized carbons (Fsp3) is 0.280. The summed E-state index contributed by atoms with van der Waals surface area (Å²) < 4.78 is 6.66. The molecule has 176 valence electrons. The zero-order chi connectivity index (χ0) is 24.1. The molecule has 0 bridgehead atoms. The van der Waals surface area contributed by atoms with E-state index in [4.69, 9.17) is 4.74 Å². The Labute approximate surface area is 202 Å². The smallest absolute Gasteiger partial charge is 0.249 e. The second-order valence-electron chi connectivity index (χ2n) is 7.99. The van der Waals surface area contributed by atoms with Gasteiger partial charge in [0, 0.05) is 24.2 Å². The maximum absolute atomic E-state index is 13.9. The predicted molar refractivity (Wildman–Crippen MR) is 133 cm³/mol. The van der Waals surface area contributed by atoms with E-state index >= 15 is 0 Å². The van der Waals surface area contributed by atoms with Crippen LogP contribution < -0.4 is 10.2 Å². The summed E-state index contributed by atoms with van der Waals surface area (Å²) in [6.07, 6.45) is 0. The first-order chi connectivity index (χ1) is 16.5. The fourth-order valence-electron chi connectivity index (χ4n) is 3.83. The highest BCUT2D eigenvalue weighted by molar-refractivity contribution is 7.10. The lowest BCUT2D eigenvalue weighted by molar-refractivity contribution is -0.127. The van der Waals surface area contributed by atoms with Crippen LogP contribution in [0, 0.1) is 13.8 Å². The molecule has 0 aliphatic carbocycles. The van der Waals surface area contributed by atoms with Crippen molar-refractivity contribution in [3.63, 3.8) is 0 Å². The molecule has 2 heterocycles. The van der Waals surface area contributed by atoms with E-state index < -0.39 is 6.04 Å². The average Bonchev–Trinajstić information content (AvgIpc) is 3.50. The number of anilines is 1. The number of hydrogen-bond acceptors (Lipinski definition) is 6. The van der Waals surface area contributed by atoms with E-state index in [-0.39, 0.29) is 18.4 Å². The van der Waals surface area contributed by atoms with Crippen molar-refractivity contribution in [3.05, 3.63) is 76.0 Å². The molecule has 0 aliphatic rings. The zero-order valence-electron chi connectivity index (χ0n) is 19.4. The molecule has 4 rings (SSSR count). The molecule has 0 saturated carbocycles. The van der Waals surface area contributed by atoms with Crippen molar-refractivity contribution in [2.24, 2.45) is 0 Å². The van der Waals surface area contributed by atoms with Crippen LogP contribution in [0.2, 0.25) is 0 Å². The minimum atomic E-state index is -0.834. The van der Waals surface area contributed by atoms with Gasteiger partial charge >= 0.3 is 0 Å². The highest BCUT2D eigenvalue weighted by Gasteiger charge is 2.34. The third kappa shape index (κ3) is 5.00. The number of aromatic nitrogens is 3. The van der Waals surface area contributed by atoms with Crippen molar-refractivity contribution < 1.29 is 14.3 Å². The summed E-state index contributed by atoms with van der Waals surface area (Å²) in [7, 11) is 1.58. The van der Waals surface area contributed by atoms with Gasteiger partial charge in [0.05, 0.1) is 12.1 Å². The summed E-state index contributed by atoms with van der Waals surface area (Å²) in [5.74, 6) is -0.526. The molecule has 1 unspecified atom stereocenters. The van der Waals surface area contributed by atoms with Crippen LogP contribution in [-0.2, 0) is 20.9 Å². The van der Waals surface area contributed by atoms with Crippen LogP contribution in [0.3, 0.4) is 0 Å². The number of benzene rings is 2. The van der Waals surface area contributed by atoms with Crippen molar-refractivity contribution in [1.82, 2.24) is 20.3 Å². The third-order valence-electron chi connectivity index (χ3n) is 5.52. The van der Waals surface area contributed by atoms with Crippen LogP contribution in [-0.4, -0.2) is 47.1 Å². The van der Waals surface area contributed by atoms with Crippen LogP contribution in [0.1, 0.15) is 22.0 Å². The number of hydrogen-bond donors (Lipinski definition) is 1. The number of carbonyl (C=O) groups is 2. The lowest BCUT2D eigenvalue weighted by Crippen LogP contribution is -2.46. The second-order valence-corrected chi connectivity index (χ2v) is 8.97. The summed E-state index contributed by atoms with van der Waals surface area (Å²) in [5.41, 5.74) is 4.05. The Balaban J connectivity index is 1.78. The number of ether oxygens (including phenoxy) is 1. The van der Waals surface area contributed by atoms with Crippen LogP contribution in [0.25, 0.3) is 11.0 Å². The van der Waals surface area contributed by atoms with Crippen LogP contribution in [0.15, 0.2) is 60.0 Å². The van der Waals surface area contributed by atoms with Crippen molar-refractivity contribution in [1.29, 1.82) is 0 Å². The molecular weight excluding hydrogens is 450 g/mol. The molecule has 0 saturated heterocycles. The molecule has 34 heavy (non-hydrogen) atoms. The van der Waals surface area contributed by atoms with E-state index in [1.807, 2.05) is 73.8 Å². The summed E-state index contributed by atoms with van der Waals surface area (Å²) in [5, 5.41) is 13.2. The summed E-state index contributed by atoms with van der Waals surface area (Å²) in [6.45, 7) is 4.58. The monoisotopic (exact) mass is 477 g/mol. The Morgan fingerprint density at radius 3 is 2.74 bits per heavy atom. The van der Waals surface area contributed by atoms with Gasteiger partial charge in [0.25, 0.3) is 0 Å². The number of aryl methyl sites for hydroxylation is 2. The van der Waals surface area contributed by atoms with E-state index in [2.05, 4.69) is 15.6 Å². The van der Waals surface area contributed by atoms with Crippen molar-refractivity contribution >= 4 is 39.9 Å². The van der Waals surface area contributed by atoms with Crippen molar-refractivity contribution in [3.8, 4) is 0 Å². The Morgan fingerprint density at radius 1 is 1.15 bits per heavy atom. The SMILES string of the molecule is COCCNC(=O)C(c1cccs1)N(C(=O)Cn1nnc2ccccc21)c1cc(C)ccc1C. The molecule has 4 aromatic rings. The van der Waals surface area contributed by atoms with Gasteiger partial charge in [0.15, 0.2) is 0 Å². The molecule has 2 amide bonds. The van der Waals surface area contributed by atoms with Gasteiger partial charge in [0.1, 0.15) is 18.1 Å². The molecule has 0 spiro atoms. The van der Waals surface area contributed by atoms with Gasteiger partial charge in [-0.2, -0.15) is 0 Å². The van der Waals surface area contributed by atoms with Gasteiger partial charge in [-0.1, -0.05) is 35.5 Å².